The lowest BCUT2D eigenvalue weighted by Crippen LogP contribution is -2.31. The maximum Gasteiger partial charge on any atom is 0.269 e. The summed E-state index contributed by atoms with van der Waals surface area (Å²) in [6.07, 6.45) is 0. The summed E-state index contributed by atoms with van der Waals surface area (Å²) >= 11 is 0. The number of aromatic nitrogens is 1. The molecule has 152 valence electrons. The smallest absolute Gasteiger partial charge is 0.269 e. The van der Waals surface area contributed by atoms with E-state index in [0.29, 0.717) is 42.9 Å². The van der Waals surface area contributed by atoms with Gasteiger partial charge in [-0.2, -0.15) is 0 Å². The molecular formula is C22H25N3O4. The minimum Gasteiger partial charge on any atom is -0.384 e. The Kier molecular flexibility index (Phi) is 5.60. The van der Waals surface area contributed by atoms with Crippen molar-refractivity contribution in [1.82, 2.24) is 15.6 Å². The molecule has 1 aliphatic carbocycles. The van der Waals surface area contributed by atoms with E-state index in [1.54, 1.807) is 26.3 Å². The number of benzene rings is 1. The van der Waals surface area contributed by atoms with Crippen molar-refractivity contribution in [1.29, 1.82) is 0 Å². The number of rotatable bonds is 7. The number of nitrogens with zero attached hydrogens (tertiary/aromatic N) is 1. The van der Waals surface area contributed by atoms with Crippen LogP contribution in [0.25, 0.3) is 0 Å². The van der Waals surface area contributed by atoms with Gasteiger partial charge in [0.15, 0.2) is 0 Å². The third-order valence-corrected chi connectivity index (χ3v) is 5.71. The molecule has 1 saturated carbocycles. The van der Waals surface area contributed by atoms with Crippen LogP contribution in [0.2, 0.25) is 0 Å². The first-order chi connectivity index (χ1) is 14.1. The molecule has 2 amide bonds. The number of amides is 2. The van der Waals surface area contributed by atoms with Gasteiger partial charge in [-0.05, 0) is 17.7 Å². The highest BCUT2D eigenvalue weighted by Crippen LogP contribution is 2.44. The van der Waals surface area contributed by atoms with Gasteiger partial charge in [0.1, 0.15) is 5.69 Å². The van der Waals surface area contributed by atoms with Crippen molar-refractivity contribution in [3.05, 3.63) is 65.0 Å². The predicted octanol–water partition coefficient (Wildman–Crippen LogP) is 1.59. The Morgan fingerprint density at radius 2 is 1.90 bits per heavy atom. The van der Waals surface area contributed by atoms with E-state index in [0.717, 1.165) is 5.56 Å². The maximum absolute atomic E-state index is 12.9. The van der Waals surface area contributed by atoms with Crippen LogP contribution in [-0.4, -0.2) is 56.8 Å². The zero-order chi connectivity index (χ0) is 20.4. The van der Waals surface area contributed by atoms with Crippen molar-refractivity contribution in [2.75, 3.05) is 34.0 Å². The van der Waals surface area contributed by atoms with Gasteiger partial charge in [-0.3, -0.25) is 9.59 Å². The fourth-order valence-electron chi connectivity index (χ4n) is 4.00. The second kappa shape index (κ2) is 8.31. The van der Waals surface area contributed by atoms with Crippen LogP contribution in [0.15, 0.2) is 42.5 Å². The normalized spacial score (nSPS) is 23.2. The summed E-state index contributed by atoms with van der Waals surface area (Å²) in [4.78, 5) is 29.8. The Morgan fingerprint density at radius 3 is 2.55 bits per heavy atom. The second-order valence-corrected chi connectivity index (χ2v) is 7.53. The van der Waals surface area contributed by atoms with Gasteiger partial charge in [0, 0.05) is 43.5 Å². The van der Waals surface area contributed by atoms with E-state index in [1.807, 2.05) is 30.3 Å². The van der Waals surface area contributed by atoms with Crippen LogP contribution in [0.5, 0.6) is 0 Å². The van der Waals surface area contributed by atoms with Crippen LogP contribution < -0.4 is 10.6 Å². The summed E-state index contributed by atoms with van der Waals surface area (Å²) in [6.45, 7) is 1.79. The van der Waals surface area contributed by atoms with Crippen LogP contribution in [0.1, 0.15) is 38.0 Å². The molecule has 0 bridgehead atoms. The first kappa shape index (κ1) is 19.5. The van der Waals surface area contributed by atoms with Crippen LogP contribution in [0, 0.1) is 11.8 Å². The summed E-state index contributed by atoms with van der Waals surface area (Å²) in [6, 6.07) is 13.3. The molecule has 2 aliphatic rings. The van der Waals surface area contributed by atoms with Gasteiger partial charge >= 0.3 is 0 Å². The number of nitrogens with one attached hydrogen (secondary N) is 2. The first-order valence-corrected chi connectivity index (χ1v) is 9.79. The second-order valence-electron chi connectivity index (χ2n) is 7.53. The molecule has 2 fully saturated rings. The number of hydrogen-bond donors (Lipinski definition) is 2. The minimum absolute atomic E-state index is 0.153. The van der Waals surface area contributed by atoms with Crippen molar-refractivity contribution in [3.8, 4) is 0 Å². The van der Waals surface area contributed by atoms with Crippen molar-refractivity contribution >= 4 is 11.8 Å². The molecule has 4 rings (SSSR count). The van der Waals surface area contributed by atoms with Crippen LogP contribution in [0.4, 0.5) is 0 Å². The van der Waals surface area contributed by atoms with E-state index in [4.69, 9.17) is 9.47 Å². The third-order valence-electron chi connectivity index (χ3n) is 5.71. The largest absolute Gasteiger partial charge is 0.384 e. The third kappa shape index (κ3) is 4.02. The van der Waals surface area contributed by atoms with Gasteiger partial charge in [0.25, 0.3) is 11.8 Å². The molecular weight excluding hydrogens is 370 g/mol. The average molecular weight is 395 g/mol. The van der Waals surface area contributed by atoms with Gasteiger partial charge < -0.3 is 20.1 Å². The predicted molar refractivity (Wildman–Crippen MR) is 107 cm³/mol. The molecule has 2 heterocycles. The number of methoxy groups -OCH3 is 1. The standard InChI is InChI=1S/C22H25N3O4/c1-23-22(27)19-9-14(21(26)25-20-16-11-29-12-17(16)20)8-18(24-19)15(10-28-2)13-6-4-3-5-7-13/h3-9,15-17,20H,10-12H2,1-2H3,(H,23,27)(H,25,26)/t15-,16-,17+,20?/m0/s1. The van der Waals surface area contributed by atoms with Crippen molar-refractivity contribution in [3.63, 3.8) is 0 Å². The van der Waals surface area contributed by atoms with E-state index in [-0.39, 0.29) is 29.5 Å². The van der Waals surface area contributed by atoms with E-state index in [1.165, 1.54) is 0 Å². The van der Waals surface area contributed by atoms with Gasteiger partial charge in [-0.15, -0.1) is 0 Å². The lowest BCUT2D eigenvalue weighted by molar-refractivity contribution is 0.0928. The highest BCUT2D eigenvalue weighted by atomic mass is 16.5. The van der Waals surface area contributed by atoms with Crippen molar-refractivity contribution in [2.45, 2.75) is 12.0 Å². The molecule has 1 aromatic carbocycles. The quantitative estimate of drug-likeness (QED) is 0.743. The number of fused-ring (bicyclic) bond motifs is 1. The molecule has 1 aliphatic heterocycles. The molecule has 1 aromatic heterocycles. The molecule has 2 N–H and O–H groups in total. The molecule has 29 heavy (non-hydrogen) atoms. The molecule has 1 unspecified atom stereocenters. The Morgan fingerprint density at radius 1 is 1.17 bits per heavy atom. The van der Waals surface area contributed by atoms with E-state index < -0.39 is 0 Å². The monoisotopic (exact) mass is 395 g/mol. The molecule has 0 spiro atoms. The molecule has 7 nitrogen and oxygen atoms in total. The molecule has 2 aromatic rings. The van der Waals surface area contributed by atoms with Gasteiger partial charge in [0.05, 0.1) is 25.5 Å². The Bertz CT molecular complexity index is 892. The van der Waals surface area contributed by atoms with E-state index in [9.17, 15) is 9.59 Å². The minimum atomic E-state index is -0.332. The highest BCUT2D eigenvalue weighted by Gasteiger charge is 2.54. The number of carbonyl (C=O) groups is 2. The summed E-state index contributed by atoms with van der Waals surface area (Å²) in [5.74, 6) is 0.101. The van der Waals surface area contributed by atoms with Crippen molar-refractivity contribution in [2.24, 2.45) is 11.8 Å². The summed E-state index contributed by atoms with van der Waals surface area (Å²) < 4.78 is 10.8. The summed E-state index contributed by atoms with van der Waals surface area (Å²) in [5.41, 5.74) is 2.28. The van der Waals surface area contributed by atoms with E-state index in [2.05, 4.69) is 15.6 Å². The highest BCUT2D eigenvalue weighted by molar-refractivity contribution is 5.99. The number of ether oxygens (including phenoxy) is 2. The molecule has 0 radical (unpaired) electrons. The van der Waals surface area contributed by atoms with Crippen LogP contribution in [-0.2, 0) is 9.47 Å². The van der Waals surface area contributed by atoms with Crippen LogP contribution >= 0.6 is 0 Å². The number of pyridine rings is 1. The van der Waals surface area contributed by atoms with Gasteiger partial charge in [-0.25, -0.2) is 4.98 Å². The lowest BCUT2D eigenvalue weighted by Gasteiger charge is -2.18. The topological polar surface area (TPSA) is 89.6 Å². The zero-order valence-electron chi connectivity index (χ0n) is 16.6. The van der Waals surface area contributed by atoms with Crippen LogP contribution in [0.3, 0.4) is 0 Å². The number of hydrogen-bond acceptors (Lipinski definition) is 5. The fraction of sp³-hybridized carbons (Fsp3) is 0.409. The SMILES string of the molecule is CNC(=O)c1cc(C(=O)NC2[C@H]3COC[C@@H]23)cc([C@@H](COC)c2ccccc2)n1. The molecule has 4 atom stereocenters. The maximum atomic E-state index is 12.9. The molecule has 7 heteroatoms. The lowest BCUT2D eigenvalue weighted by atomic mass is 9.94. The molecule has 1 saturated heterocycles. The zero-order valence-corrected chi connectivity index (χ0v) is 16.6. The number of carbonyl (C=O) groups excluding carboxylic acids is 2. The van der Waals surface area contributed by atoms with Gasteiger partial charge in [-0.1, -0.05) is 30.3 Å². The summed E-state index contributed by atoms with van der Waals surface area (Å²) in [7, 11) is 3.17. The van der Waals surface area contributed by atoms with Crippen molar-refractivity contribution < 1.29 is 19.1 Å². The Balaban J connectivity index is 1.66. The fourth-order valence-corrected chi connectivity index (χ4v) is 4.00. The first-order valence-electron chi connectivity index (χ1n) is 9.79. The Labute approximate surface area is 169 Å². The van der Waals surface area contributed by atoms with Gasteiger partial charge in [0.2, 0.25) is 0 Å². The average Bonchev–Trinajstić information content (AvgIpc) is 3.17. The van der Waals surface area contributed by atoms with E-state index >= 15 is 0 Å². The summed E-state index contributed by atoms with van der Waals surface area (Å²) in [5, 5.41) is 5.67. The Hall–Kier alpha value is -2.77.